The second-order valence-corrected chi connectivity index (χ2v) is 3.60. The smallest absolute Gasteiger partial charge is 0.345 e. The number of hydrogen-bond acceptors (Lipinski definition) is 1. The Hall–Kier alpha value is -1.49. The third-order valence-corrected chi connectivity index (χ3v) is 2.07. The molecule has 6 heteroatoms. The molecule has 0 saturated carbocycles. The van der Waals surface area contributed by atoms with Gasteiger partial charge < -0.3 is 5.32 Å². The first-order chi connectivity index (χ1) is 7.89. The molecule has 0 aliphatic heterocycles. The monoisotopic (exact) mass is 263 g/mol. The van der Waals surface area contributed by atoms with Crippen molar-refractivity contribution in [3.05, 3.63) is 40.9 Å². The molecule has 17 heavy (non-hydrogen) atoms. The van der Waals surface area contributed by atoms with E-state index in [2.05, 4.69) is 0 Å². The van der Waals surface area contributed by atoms with Gasteiger partial charge in [-0.3, -0.25) is 4.79 Å². The Balaban J connectivity index is 2.41. The molecule has 0 heterocycles. The summed E-state index contributed by atoms with van der Waals surface area (Å²) >= 11 is 5.66. The maximum absolute atomic E-state index is 11.8. The topological polar surface area (TPSA) is 29.1 Å². The summed E-state index contributed by atoms with van der Waals surface area (Å²) in [7, 11) is 0. The van der Waals surface area contributed by atoms with Crippen molar-refractivity contribution in [2.24, 2.45) is 0 Å². The van der Waals surface area contributed by atoms with Gasteiger partial charge in [0.05, 0.1) is 0 Å². The number of alkyl halides is 3. The van der Waals surface area contributed by atoms with Gasteiger partial charge in [-0.15, -0.1) is 0 Å². The maximum Gasteiger partial charge on any atom is 0.471 e. The second kappa shape index (κ2) is 5.72. The highest BCUT2D eigenvalue weighted by Gasteiger charge is 2.37. The Morgan fingerprint density at radius 1 is 1.29 bits per heavy atom. The highest BCUT2D eigenvalue weighted by Crippen LogP contribution is 2.14. The van der Waals surface area contributed by atoms with Crippen LogP contribution in [0.25, 0.3) is 6.08 Å². The third kappa shape index (κ3) is 4.91. The molecule has 1 rings (SSSR count). The minimum Gasteiger partial charge on any atom is -0.345 e. The molecular formula is C11H9ClF3NO. The number of rotatable bonds is 3. The van der Waals surface area contributed by atoms with Gasteiger partial charge in [0.2, 0.25) is 0 Å². The van der Waals surface area contributed by atoms with Crippen LogP contribution in [-0.4, -0.2) is 18.6 Å². The standard InChI is InChI=1S/C11H9ClF3NO/c12-9-5-3-8(4-6-9)2-1-7-16-10(17)11(13,14)15/h1-6H,7H2,(H,16,17). The molecule has 0 unspecified atom stereocenters. The van der Waals surface area contributed by atoms with E-state index in [0.29, 0.717) is 5.02 Å². The van der Waals surface area contributed by atoms with Crippen LogP contribution in [0.5, 0.6) is 0 Å². The SMILES string of the molecule is O=C(NCC=Cc1ccc(Cl)cc1)C(F)(F)F. The average Bonchev–Trinajstić information content (AvgIpc) is 2.25. The second-order valence-electron chi connectivity index (χ2n) is 3.16. The Bertz CT molecular complexity index is 412. The van der Waals surface area contributed by atoms with E-state index in [9.17, 15) is 18.0 Å². The van der Waals surface area contributed by atoms with Gasteiger partial charge in [-0.2, -0.15) is 13.2 Å². The van der Waals surface area contributed by atoms with Gasteiger partial charge in [0.15, 0.2) is 0 Å². The lowest BCUT2D eigenvalue weighted by atomic mass is 10.2. The molecule has 0 aliphatic rings. The Morgan fingerprint density at radius 3 is 2.41 bits per heavy atom. The lowest BCUT2D eigenvalue weighted by Crippen LogP contribution is -2.36. The van der Waals surface area contributed by atoms with Crippen molar-refractivity contribution in [1.82, 2.24) is 5.32 Å². The van der Waals surface area contributed by atoms with E-state index in [0.717, 1.165) is 5.56 Å². The summed E-state index contributed by atoms with van der Waals surface area (Å²) in [5.74, 6) is -1.95. The number of amides is 1. The normalized spacial score (nSPS) is 11.8. The van der Waals surface area contributed by atoms with E-state index in [1.54, 1.807) is 35.7 Å². The van der Waals surface area contributed by atoms with Crippen LogP contribution in [-0.2, 0) is 4.79 Å². The lowest BCUT2D eigenvalue weighted by Gasteiger charge is -2.04. The van der Waals surface area contributed by atoms with Gasteiger partial charge in [-0.1, -0.05) is 35.9 Å². The molecule has 0 atom stereocenters. The number of carbonyl (C=O) groups excluding carboxylic acids is 1. The molecule has 1 amide bonds. The van der Waals surface area contributed by atoms with Crippen LogP contribution < -0.4 is 5.32 Å². The minimum absolute atomic E-state index is 0.180. The molecule has 0 radical (unpaired) electrons. The first-order valence-corrected chi connectivity index (χ1v) is 5.04. The van der Waals surface area contributed by atoms with E-state index in [4.69, 9.17) is 11.6 Å². The van der Waals surface area contributed by atoms with E-state index in [1.165, 1.54) is 6.08 Å². The van der Waals surface area contributed by atoms with Crippen molar-refractivity contribution in [1.29, 1.82) is 0 Å². The van der Waals surface area contributed by atoms with Crippen LogP contribution in [0.1, 0.15) is 5.56 Å². The first-order valence-electron chi connectivity index (χ1n) is 4.67. The summed E-state index contributed by atoms with van der Waals surface area (Å²) in [6.45, 7) is -0.180. The van der Waals surface area contributed by atoms with Crippen LogP contribution in [0.15, 0.2) is 30.3 Å². The largest absolute Gasteiger partial charge is 0.471 e. The number of nitrogens with one attached hydrogen (secondary N) is 1. The van der Waals surface area contributed by atoms with Gasteiger partial charge in [-0.25, -0.2) is 0 Å². The van der Waals surface area contributed by atoms with Gasteiger partial charge in [0.1, 0.15) is 0 Å². The summed E-state index contributed by atoms with van der Waals surface area (Å²) in [6, 6.07) is 6.75. The molecule has 1 N–H and O–H groups in total. The summed E-state index contributed by atoms with van der Waals surface area (Å²) in [5, 5.41) is 2.30. The molecular weight excluding hydrogens is 255 g/mol. The van der Waals surface area contributed by atoms with Crippen LogP contribution in [0.2, 0.25) is 5.02 Å². The summed E-state index contributed by atoms with van der Waals surface area (Å²) in [4.78, 5) is 10.4. The van der Waals surface area contributed by atoms with Crippen molar-refractivity contribution >= 4 is 23.6 Å². The molecule has 0 aromatic heterocycles. The predicted octanol–water partition coefficient (Wildman–Crippen LogP) is 3.03. The van der Waals surface area contributed by atoms with Crippen molar-refractivity contribution in [3.8, 4) is 0 Å². The first kappa shape index (κ1) is 13.6. The molecule has 0 spiro atoms. The number of halogens is 4. The fourth-order valence-corrected chi connectivity index (χ4v) is 1.15. The van der Waals surface area contributed by atoms with Crippen molar-refractivity contribution in [2.75, 3.05) is 6.54 Å². The zero-order valence-corrected chi connectivity index (χ0v) is 9.35. The van der Waals surface area contributed by atoms with E-state index >= 15 is 0 Å². The van der Waals surface area contributed by atoms with Crippen molar-refractivity contribution in [3.63, 3.8) is 0 Å². The number of hydrogen-bond donors (Lipinski definition) is 1. The highest BCUT2D eigenvalue weighted by molar-refractivity contribution is 6.30. The molecule has 1 aromatic rings. The van der Waals surface area contributed by atoms with E-state index < -0.39 is 12.1 Å². The quantitative estimate of drug-likeness (QED) is 0.892. The van der Waals surface area contributed by atoms with Gasteiger partial charge >= 0.3 is 12.1 Å². The van der Waals surface area contributed by atoms with Crippen LogP contribution in [0.3, 0.4) is 0 Å². The Labute approximate surface area is 101 Å². The minimum atomic E-state index is -4.84. The molecule has 0 bridgehead atoms. The predicted molar refractivity (Wildman–Crippen MR) is 59.6 cm³/mol. The summed E-state index contributed by atoms with van der Waals surface area (Å²) in [6.07, 6.45) is -1.83. The fourth-order valence-electron chi connectivity index (χ4n) is 1.02. The molecule has 0 saturated heterocycles. The average molecular weight is 264 g/mol. The maximum atomic E-state index is 11.8. The van der Waals surface area contributed by atoms with Crippen LogP contribution in [0.4, 0.5) is 13.2 Å². The van der Waals surface area contributed by atoms with Gasteiger partial charge in [0, 0.05) is 11.6 Å². The Morgan fingerprint density at radius 2 is 1.88 bits per heavy atom. The van der Waals surface area contributed by atoms with Crippen LogP contribution in [0, 0.1) is 0 Å². The van der Waals surface area contributed by atoms with Crippen LogP contribution >= 0.6 is 11.6 Å². The van der Waals surface area contributed by atoms with E-state index in [-0.39, 0.29) is 6.54 Å². The number of carbonyl (C=O) groups is 1. The highest BCUT2D eigenvalue weighted by atomic mass is 35.5. The van der Waals surface area contributed by atoms with E-state index in [1.807, 2.05) is 0 Å². The zero-order chi connectivity index (χ0) is 12.9. The summed E-state index contributed by atoms with van der Waals surface area (Å²) in [5.41, 5.74) is 0.788. The Kier molecular flexibility index (Phi) is 4.57. The van der Waals surface area contributed by atoms with Crippen molar-refractivity contribution in [2.45, 2.75) is 6.18 Å². The van der Waals surface area contributed by atoms with Gasteiger partial charge in [0.25, 0.3) is 0 Å². The fraction of sp³-hybridized carbons (Fsp3) is 0.182. The molecule has 1 aromatic carbocycles. The molecule has 0 aliphatic carbocycles. The molecule has 2 nitrogen and oxygen atoms in total. The lowest BCUT2D eigenvalue weighted by molar-refractivity contribution is -0.173. The zero-order valence-electron chi connectivity index (χ0n) is 8.59. The third-order valence-electron chi connectivity index (χ3n) is 1.82. The molecule has 0 fully saturated rings. The molecule has 92 valence electrons. The summed E-state index contributed by atoms with van der Waals surface area (Å²) < 4.78 is 35.4. The number of benzene rings is 1. The van der Waals surface area contributed by atoms with Crippen molar-refractivity contribution < 1.29 is 18.0 Å². The van der Waals surface area contributed by atoms with Gasteiger partial charge in [-0.05, 0) is 17.7 Å².